The number of hydrogen-bond acceptors (Lipinski definition) is 5. The summed E-state index contributed by atoms with van der Waals surface area (Å²) in [6.45, 7) is 1.50. The van der Waals surface area contributed by atoms with Crippen LogP contribution in [0.25, 0.3) is 0 Å². The summed E-state index contributed by atoms with van der Waals surface area (Å²) in [7, 11) is 0. The number of ether oxygens (including phenoxy) is 1. The van der Waals surface area contributed by atoms with Crippen LogP contribution in [0.5, 0.6) is 5.88 Å². The molecule has 1 aromatic carbocycles. The quantitative estimate of drug-likeness (QED) is 0.722. The Morgan fingerprint density at radius 3 is 2.34 bits per heavy atom. The molecule has 2 unspecified atom stereocenters. The van der Waals surface area contributed by atoms with Crippen molar-refractivity contribution in [1.82, 2.24) is 9.78 Å². The Hall–Kier alpha value is -2.76. The van der Waals surface area contributed by atoms with Crippen molar-refractivity contribution >= 4 is 11.7 Å². The summed E-state index contributed by atoms with van der Waals surface area (Å²) in [6, 6.07) is 3.62. The number of benzene rings is 1. The molecule has 0 bridgehead atoms. The zero-order valence-corrected chi connectivity index (χ0v) is 15.1. The molecule has 0 radical (unpaired) electrons. The van der Waals surface area contributed by atoms with Gasteiger partial charge < -0.3 is 15.2 Å². The molecule has 158 valence electrons. The van der Waals surface area contributed by atoms with Gasteiger partial charge in [0.05, 0.1) is 11.6 Å². The van der Waals surface area contributed by atoms with Gasteiger partial charge in [-0.05, 0) is 31.5 Å². The zero-order valence-electron chi connectivity index (χ0n) is 15.1. The van der Waals surface area contributed by atoms with E-state index in [0.29, 0.717) is 5.56 Å². The van der Waals surface area contributed by atoms with Crippen LogP contribution < -0.4 is 10.1 Å². The Morgan fingerprint density at radius 2 is 1.79 bits per heavy atom. The van der Waals surface area contributed by atoms with Gasteiger partial charge in [0, 0.05) is 0 Å². The molecule has 12 heteroatoms. The summed E-state index contributed by atoms with van der Waals surface area (Å²) in [5.41, 5.74) is -0.498. The van der Waals surface area contributed by atoms with Gasteiger partial charge in [-0.15, -0.1) is 5.10 Å². The molecule has 0 spiro atoms. The Morgan fingerprint density at radius 1 is 1.17 bits per heavy atom. The number of aromatic nitrogens is 2. The lowest BCUT2D eigenvalue weighted by molar-refractivity contribution is -0.154. The molecule has 2 atom stereocenters. The maximum atomic E-state index is 12.8. The molecule has 6 nitrogen and oxygen atoms in total. The second kappa shape index (κ2) is 7.25. The zero-order chi connectivity index (χ0) is 21.6. The van der Waals surface area contributed by atoms with Crippen LogP contribution in [0, 0.1) is 0 Å². The van der Waals surface area contributed by atoms with Crippen molar-refractivity contribution in [2.24, 2.45) is 4.99 Å². The summed E-state index contributed by atoms with van der Waals surface area (Å²) in [4.78, 5) is 3.83. The van der Waals surface area contributed by atoms with Gasteiger partial charge in [0.2, 0.25) is 5.88 Å². The number of halogens is 6. The van der Waals surface area contributed by atoms with Crippen LogP contribution in [0.3, 0.4) is 0 Å². The topological polar surface area (TPSA) is 71.7 Å². The molecule has 1 aliphatic heterocycles. The molecular formula is C17H16F6N4O2. The van der Waals surface area contributed by atoms with E-state index in [4.69, 9.17) is 4.74 Å². The third-order valence-electron chi connectivity index (χ3n) is 4.25. The second-order valence-electron chi connectivity index (χ2n) is 6.42. The molecule has 0 saturated carbocycles. The lowest BCUT2D eigenvalue weighted by atomic mass is 10.1. The van der Waals surface area contributed by atoms with E-state index >= 15 is 0 Å². The van der Waals surface area contributed by atoms with Gasteiger partial charge in [-0.1, -0.05) is 12.1 Å². The van der Waals surface area contributed by atoms with Crippen molar-refractivity contribution in [2.45, 2.75) is 38.5 Å². The summed E-state index contributed by atoms with van der Waals surface area (Å²) in [6.07, 6.45) is -10.6. The number of alkyl halides is 6. The van der Waals surface area contributed by atoms with Crippen molar-refractivity contribution in [2.75, 3.05) is 11.9 Å². The molecule has 0 saturated heterocycles. The highest BCUT2D eigenvalue weighted by Crippen LogP contribution is 2.39. The summed E-state index contributed by atoms with van der Waals surface area (Å²) < 4.78 is 81.9. The predicted molar refractivity (Wildman–Crippen MR) is 90.7 cm³/mol. The highest BCUT2D eigenvalue weighted by Gasteiger charge is 2.35. The number of aliphatic imine (C=N–C) groups is 1. The first-order valence-electron chi connectivity index (χ1n) is 8.35. The minimum atomic E-state index is -4.62. The number of amidine groups is 1. The van der Waals surface area contributed by atoms with Gasteiger partial charge in [0.25, 0.3) is 0 Å². The molecule has 0 aliphatic carbocycles. The van der Waals surface area contributed by atoms with Crippen LogP contribution in [-0.2, 0) is 6.18 Å². The number of anilines is 1. The minimum absolute atomic E-state index is 0.0846. The normalized spacial score (nSPS) is 18.0. The first kappa shape index (κ1) is 21.0. The number of nitrogens with zero attached hydrogens (tertiary/aromatic N) is 3. The van der Waals surface area contributed by atoms with Crippen molar-refractivity contribution in [1.29, 1.82) is 0 Å². The number of fused-ring (bicyclic) bond motifs is 1. The van der Waals surface area contributed by atoms with Crippen LogP contribution >= 0.6 is 0 Å². The molecule has 0 amide bonds. The summed E-state index contributed by atoms with van der Waals surface area (Å²) in [5.74, 6) is -0.0324. The summed E-state index contributed by atoms with van der Waals surface area (Å²) >= 11 is 0. The van der Waals surface area contributed by atoms with Crippen LogP contribution in [0.1, 0.15) is 42.8 Å². The second-order valence-corrected chi connectivity index (χ2v) is 6.42. The average Bonchev–Trinajstić information content (AvgIpc) is 2.97. The van der Waals surface area contributed by atoms with Gasteiger partial charge in [-0.25, -0.2) is 9.67 Å². The van der Waals surface area contributed by atoms with E-state index in [-0.39, 0.29) is 17.2 Å². The third kappa shape index (κ3) is 4.47. The Kier molecular flexibility index (Phi) is 5.24. The monoisotopic (exact) mass is 422 g/mol. The third-order valence-corrected chi connectivity index (χ3v) is 4.25. The maximum Gasteiger partial charge on any atom is 0.422 e. The molecule has 0 fully saturated rings. The molecule has 2 N–H and O–H groups in total. The van der Waals surface area contributed by atoms with Crippen LogP contribution in [0.15, 0.2) is 29.3 Å². The van der Waals surface area contributed by atoms with Crippen molar-refractivity contribution in [3.8, 4) is 5.88 Å². The lowest BCUT2D eigenvalue weighted by Gasteiger charge is -2.21. The van der Waals surface area contributed by atoms with E-state index in [1.165, 1.54) is 23.7 Å². The molecular weight excluding hydrogens is 406 g/mol. The number of aliphatic hydroxyl groups excluding tert-OH is 1. The average molecular weight is 422 g/mol. The smallest absolute Gasteiger partial charge is 0.422 e. The van der Waals surface area contributed by atoms with Gasteiger partial charge in [0.1, 0.15) is 17.2 Å². The van der Waals surface area contributed by atoms with Crippen molar-refractivity contribution in [3.05, 3.63) is 41.0 Å². The Bertz CT molecular complexity index is 918. The van der Waals surface area contributed by atoms with E-state index < -0.39 is 42.7 Å². The highest BCUT2D eigenvalue weighted by atomic mass is 19.4. The highest BCUT2D eigenvalue weighted by molar-refractivity contribution is 5.95. The molecule has 1 aliphatic rings. The van der Waals surface area contributed by atoms with Crippen LogP contribution in [0.2, 0.25) is 0 Å². The molecule has 3 rings (SSSR count). The standard InChI is InChI=1S/C17H16F6N4O2/c1-8(10-3-5-11(6-4-10)17(21,22)23)27-13-12(14(28)25-9(2)24-13)15(26-27)29-7-16(18,19)20/h3-6,8,14,28H,7H2,1-2H3,(H,24,25). The fraction of sp³-hybridized carbons (Fsp3) is 0.412. The van der Waals surface area contributed by atoms with E-state index in [0.717, 1.165) is 12.1 Å². The summed E-state index contributed by atoms with van der Waals surface area (Å²) in [5, 5.41) is 17.0. The van der Waals surface area contributed by atoms with E-state index in [1.807, 2.05) is 0 Å². The van der Waals surface area contributed by atoms with E-state index in [9.17, 15) is 31.4 Å². The molecule has 1 aromatic heterocycles. The van der Waals surface area contributed by atoms with Crippen LogP contribution in [-0.4, -0.2) is 33.5 Å². The molecule has 2 heterocycles. The fourth-order valence-corrected chi connectivity index (χ4v) is 2.86. The van der Waals surface area contributed by atoms with Crippen LogP contribution in [0.4, 0.5) is 32.2 Å². The van der Waals surface area contributed by atoms with Gasteiger partial charge in [-0.3, -0.25) is 0 Å². The Balaban J connectivity index is 1.98. The number of rotatable bonds is 4. The SMILES string of the molecule is CC1=NC(O)c2c(OCC(F)(F)F)nn(C(C)c3ccc(C(F)(F)F)cc3)c2N1. The predicted octanol–water partition coefficient (Wildman–Crippen LogP) is 4.29. The van der Waals surface area contributed by atoms with Gasteiger partial charge >= 0.3 is 12.4 Å². The molecule has 2 aromatic rings. The number of hydrogen-bond donors (Lipinski definition) is 2. The van der Waals surface area contributed by atoms with E-state index in [2.05, 4.69) is 15.4 Å². The lowest BCUT2D eigenvalue weighted by Crippen LogP contribution is -2.22. The first-order chi connectivity index (χ1) is 13.4. The van der Waals surface area contributed by atoms with Crippen molar-refractivity contribution in [3.63, 3.8) is 0 Å². The molecule has 29 heavy (non-hydrogen) atoms. The van der Waals surface area contributed by atoms with Gasteiger partial charge in [-0.2, -0.15) is 26.3 Å². The van der Waals surface area contributed by atoms with E-state index in [1.54, 1.807) is 6.92 Å². The first-order valence-corrected chi connectivity index (χ1v) is 8.35. The fourth-order valence-electron chi connectivity index (χ4n) is 2.86. The number of nitrogens with one attached hydrogen (secondary N) is 1. The minimum Gasteiger partial charge on any atom is -0.467 e. The largest absolute Gasteiger partial charge is 0.467 e. The van der Waals surface area contributed by atoms with Crippen molar-refractivity contribution < 1.29 is 36.2 Å². The van der Waals surface area contributed by atoms with Gasteiger partial charge in [0.15, 0.2) is 12.8 Å². The Labute approximate surface area is 160 Å². The maximum absolute atomic E-state index is 12.8. The number of aliphatic hydroxyl groups is 1.